The third-order valence-corrected chi connectivity index (χ3v) is 8.79. The SMILES string of the molecule is CC1(C)C(=O)CC[C@]2(C)[C@@H]1CC[C@@]13C[C@@H](CC[C@H]12)[C@](C)(O)C3. The summed E-state index contributed by atoms with van der Waals surface area (Å²) >= 11 is 0. The van der Waals surface area contributed by atoms with Crippen LogP contribution in [0.2, 0.25) is 0 Å². The molecule has 1 spiro atoms. The number of aliphatic hydroxyl groups is 1. The average molecular weight is 304 g/mol. The van der Waals surface area contributed by atoms with Crippen molar-refractivity contribution >= 4 is 5.78 Å². The van der Waals surface area contributed by atoms with Gasteiger partial charge in [0.2, 0.25) is 0 Å². The van der Waals surface area contributed by atoms with Gasteiger partial charge in [0.1, 0.15) is 5.78 Å². The van der Waals surface area contributed by atoms with Gasteiger partial charge >= 0.3 is 0 Å². The number of carbonyl (C=O) groups excluding carboxylic acids is 1. The molecule has 4 aliphatic carbocycles. The van der Waals surface area contributed by atoms with Gasteiger partial charge in [-0.25, -0.2) is 0 Å². The Morgan fingerprint density at radius 3 is 2.45 bits per heavy atom. The molecule has 2 bridgehead atoms. The highest BCUT2D eigenvalue weighted by atomic mass is 16.3. The molecule has 0 aliphatic heterocycles. The Kier molecular flexibility index (Phi) is 2.88. The molecule has 22 heavy (non-hydrogen) atoms. The molecule has 6 atom stereocenters. The van der Waals surface area contributed by atoms with Crippen molar-refractivity contribution in [2.45, 2.75) is 84.7 Å². The molecule has 0 amide bonds. The molecule has 0 aromatic rings. The lowest BCUT2D eigenvalue weighted by molar-refractivity contribution is -0.165. The minimum Gasteiger partial charge on any atom is -0.390 e. The van der Waals surface area contributed by atoms with Gasteiger partial charge in [-0.05, 0) is 80.5 Å². The molecule has 4 saturated carbocycles. The Balaban J connectivity index is 1.74. The molecule has 2 heteroatoms. The van der Waals surface area contributed by atoms with Crippen molar-refractivity contribution in [1.82, 2.24) is 0 Å². The second kappa shape index (κ2) is 4.18. The van der Waals surface area contributed by atoms with Crippen LogP contribution < -0.4 is 0 Å². The lowest BCUT2D eigenvalue weighted by Crippen LogP contribution is -2.58. The third-order valence-electron chi connectivity index (χ3n) is 8.79. The molecule has 2 nitrogen and oxygen atoms in total. The van der Waals surface area contributed by atoms with Crippen LogP contribution in [0.4, 0.5) is 0 Å². The van der Waals surface area contributed by atoms with E-state index in [-0.39, 0.29) is 5.41 Å². The molecule has 124 valence electrons. The van der Waals surface area contributed by atoms with Gasteiger partial charge in [-0.1, -0.05) is 20.8 Å². The fourth-order valence-electron chi connectivity index (χ4n) is 7.82. The van der Waals surface area contributed by atoms with Gasteiger partial charge in [0.15, 0.2) is 0 Å². The maximum atomic E-state index is 12.5. The predicted octanol–water partition coefficient (Wildman–Crippen LogP) is 4.35. The number of rotatable bonds is 0. The largest absolute Gasteiger partial charge is 0.390 e. The van der Waals surface area contributed by atoms with Crippen LogP contribution in [0.5, 0.6) is 0 Å². The maximum Gasteiger partial charge on any atom is 0.138 e. The van der Waals surface area contributed by atoms with Crippen LogP contribution in [0.25, 0.3) is 0 Å². The zero-order valence-electron chi connectivity index (χ0n) is 14.7. The van der Waals surface area contributed by atoms with Gasteiger partial charge in [0.05, 0.1) is 5.60 Å². The molecule has 1 N–H and O–H groups in total. The first kappa shape index (κ1) is 15.2. The fourth-order valence-corrected chi connectivity index (χ4v) is 7.82. The Bertz CT molecular complexity index is 520. The van der Waals surface area contributed by atoms with Crippen molar-refractivity contribution in [3.8, 4) is 0 Å². The molecule has 0 heterocycles. The van der Waals surface area contributed by atoms with E-state index >= 15 is 0 Å². The first-order valence-corrected chi connectivity index (χ1v) is 9.38. The lowest BCUT2D eigenvalue weighted by atomic mass is 9.41. The molecule has 0 aromatic carbocycles. The van der Waals surface area contributed by atoms with Crippen molar-refractivity contribution in [3.63, 3.8) is 0 Å². The van der Waals surface area contributed by atoms with E-state index in [1.807, 2.05) is 0 Å². The van der Waals surface area contributed by atoms with E-state index < -0.39 is 5.60 Å². The van der Waals surface area contributed by atoms with Crippen molar-refractivity contribution in [2.75, 3.05) is 0 Å². The van der Waals surface area contributed by atoms with E-state index in [2.05, 4.69) is 27.7 Å². The summed E-state index contributed by atoms with van der Waals surface area (Å²) in [5.74, 6) is 2.26. The Labute approximate surface area is 135 Å². The Morgan fingerprint density at radius 1 is 1.00 bits per heavy atom. The van der Waals surface area contributed by atoms with Gasteiger partial charge in [-0.15, -0.1) is 0 Å². The summed E-state index contributed by atoms with van der Waals surface area (Å²) in [5, 5.41) is 10.9. The smallest absolute Gasteiger partial charge is 0.138 e. The number of carbonyl (C=O) groups is 1. The molecule has 0 unspecified atom stereocenters. The summed E-state index contributed by atoms with van der Waals surface area (Å²) in [7, 11) is 0. The minimum absolute atomic E-state index is 0.146. The highest BCUT2D eigenvalue weighted by Crippen LogP contribution is 2.72. The first-order chi connectivity index (χ1) is 10.1. The average Bonchev–Trinajstić information content (AvgIpc) is 2.60. The van der Waals surface area contributed by atoms with E-state index in [1.54, 1.807) is 0 Å². The van der Waals surface area contributed by atoms with Crippen LogP contribution in [0, 0.1) is 34.0 Å². The fraction of sp³-hybridized carbons (Fsp3) is 0.950. The van der Waals surface area contributed by atoms with Crippen LogP contribution in [0.3, 0.4) is 0 Å². The normalized spacial score (nSPS) is 56.4. The highest BCUT2D eigenvalue weighted by Gasteiger charge is 2.67. The number of hydrogen-bond acceptors (Lipinski definition) is 2. The van der Waals surface area contributed by atoms with E-state index in [0.29, 0.717) is 28.4 Å². The molecule has 0 radical (unpaired) electrons. The number of fused-ring (bicyclic) bond motifs is 3. The van der Waals surface area contributed by atoms with Crippen LogP contribution in [0.1, 0.15) is 79.1 Å². The van der Waals surface area contributed by atoms with E-state index in [1.165, 1.54) is 32.1 Å². The minimum atomic E-state index is -0.446. The molecule has 0 aromatic heterocycles. The number of Topliss-reactive ketones (excluding diaryl/α,β-unsaturated/α-hetero) is 1. The zero-order chi connectivity index (χ0) is 16.0. The van der Waals surface area contributed by atoms with E-state index in [9.17, 15) is 9.90 Å². The lowest BCUT2D eigenvalue weighted by Gasteiger charge is -2.63. The first-order valence-electron chi connectivity index (χ1n) is 9.38. The summed E-state index contributed by atoms with van der Waals surface area (Å²) in [6.07, 6.45) is 8.99. The number of hydrogen-bond donors (Lipinski definition) is 1. The quantitative estimate of drug-likeness (QED) is 0.722. The second-order valence-electron chi connectivity index (χ2n) is 10.2. The van der Waals surface area contributed by atoms with Crippen molar-refractivity contribution < 1.29 is 9.90 Å². The van der Waals surface area contributed by atoms with Gasteiger partial charge < -0.3 is 5.11 Å². The predicted molar refractivity (Wildman–Crippen MR) is 87.4 cm³/mol. The van der Waals surface area contributed by atoms with Crippen molar-refractivity contribution in [1.29, 1.82) is 0 Å². The Hall–Kier alpha value is -0.370. The van der Waals surface area contributed by atoms with Gasteiger partial charge in [0, 0.05) is 11.8 Å². The zero-order valence-corrected chi connectivity index (χ0v) is 14.7. The van der Waals surface area contributed by atoms with E-state index in [0.717, 1.165) is 25.2 Å². The van der Waals surface area contributed by atoms with Gasteiger partial charge in [-0.3, -0.25) is 4.79 Å². The van der Waals surface area contributed by atoms with Crippen LogP contribution >= 0.6 is 0 Å². The van der Waals surface area contributed by atoms with Crippen molar-refractivity contribution in [2.24, 2.45) is 34.0 Å². The van der Waals surface area contributed by atoms with Crippen LogP contribution in [-0.4, -0.2) is 16.5 Å². The molecular weight excluding hydrogens is 272 g/mol. The highest BCUT2D eigenvalue weighted by molar-refractivity contribution is 5.85. The summed E-state index contributed by atoms with van der Waals surface area (Å²) < 4.78 is 0. The number of ketones is 1. The summed E-state index contributed by atoms with van der Waals surface area (Å²) in [6.45, 7) is 8.97. The molecule has 4 fully saturated rings. The molecular formula is C20H32O2. The maximum absolute atomic E-state index is 12.5. The molecule has 4 rings (SSSR count). The van der Waals surface area contributed by atoms with E-state index in [4.69, 9.17) is 0 Å². The topological polar surface area (TPSA) is 37.3 Å². The monoisotopic (exact) mass is 304 g/mol. The van der Waals surface area contributed by atoms with Crippen LogP contribution in [0.15, 0.2) is 0 Å². The van der Waals surface area contributed by atoms with Gasteiger partial charge in [-0.2, -0.15) is 0 Å². The Morgan fingerprint density at radius 2 is 1.73 bits per heavy atom. The van der Waals surface area contributed by atoms with Crippen molar-refractivity contribution in [3.05, 3.63) is 0 Å². The van der Waals surface area contributed by atoms with Crippen LogP contribution in [-0.2, 0) is 4.79 Å². The summed E-state index contributed by atoms with van der Waals surface area (Å²) in [5.41, 5.74) is 0.0831. The summed E-state index contributed by atoms with van der Waals surface area (Å²) in [6, 6.07) is 0. The second-order valence-corrected chi connectivity index (χ2v) is 10.2. The molecule has 4 aliphatic rings. The third kappa shape index (κ3) is 1.68. The summed E-state index contributed by atoms with van der Waals surface area (Å²) in [4.78, 5) is 12.5. The standard InChI is InChI=1S/C20H32O2/c1-17(2)14-7-10-20-11-13(19(4,22)12-20)5-6-15(20)18(14,3)9-8-16(17)21/h13-15,22H,5-12H2,1-4H3/t13-,14-,15+,18-,19-,20+/m1/s1. The van der Waals surface area contributed by atoms with Gasteiger partial charge in [0.25, 0.3) is 0 Å². The molecule has 0 saturated heterocycles.